The van der Waals surface area contributed by atoms with Gasteiger partial charge in [0.05, 0.1) is 0 Å². The number of hydrogen-bond acceptors (Lipinski definition) is 0. The molecule has 0 bridgehead atoms. The van der Waals surface area contributed by atoms with Crippen LogP contribution in [-0.4, -0.2) is 29.7 Å². The second kappa shape index (κ2) is 13.8. The number of benzene rings is 1. The first-order valence-corrected chi connectivity index (χ1v) is 2.57. The Bertz CT molecular complexity index is 119. The molecule has 0 aromatic heterocycles. The summed E-state index contributed by atoms with van der Waals surface area (Å²) in [4.78, 5) is 0. The number of rotatable bonds is 0. The first-order valence-electron chi connectivity index (χ1n) is 2.57. The zero-order valence-corrected chi connectivity index (χ0v) is 9.18. The summed E-state index contributed by atoms with van der Waals surface area (Å²) >= 11 is 0. The molecule has 0 heterocycles. The monoisotopic (exact) mass is 250 g/mol. The van der Waals surface area contributed by atoms with E-state index in [2.05, 4.69) is 6.07 Å². The van der Waals surface area contributed by atoms with Crippen molar-refractivity contribution in [3.8, 4) is 0 Å². The average molecular weight is 251 g/mol. The largest absolute Gasteiger partial charge is 2.00 e. The van der Waals surface area contributed by atoms with Crippen LogP contribution in [0.25, 0.3) is 0 Å². The number of halogens is 4. The second-order valence-corrected chi connectivity index (χ2v) is 1.32. The SMILES string of the molecule is FC(F)F.[Br-].[Mg+2].[c-]1ccccc1. The Kier molecular flexibility index (Phi) is 20.9. The van der Waals surface area contributed by atoms with Crippen molar-refractivity contribution >= 4 is 23.1 Å². The van der Waals surface area contributed by atoms with E-state index in [1.54, 1.807) is 0 Å². The maximum atomic E-state index is 9.67. The Labute approximate surface area is 96.1 Å². The van der Waals surface area contributed by atoms with Crippen molar-refractivity contribution in [3.05, 3.63) is 36.4 Å². The van der Waals surface area contributed by atoms with E-state index < -0.39 is 6.68 Å². The maximum Gasteiger partial charge on any atom is 2.00 e. The molecule has 0 nitrogen and oxygen atoms in total. The van der Waals surface area contributed by atoms with E-state index in [4.69, 9.17) is 0 Å². The molecule has 0 atom stereocenters. The van der Waals surface area contributed by atoms with Crippen molar-refractivity contribution in [1.29, 1.82) is 0 Å². The third-order valence-corrected chi connectivity index (χ3v) is 0.607. The van der Waals surface area contributed by atoms with Crippen LogP contribution in [0.15, 0.2) is 30.3 Å². The van der Waals surface area contributed by atoms with Crippen molar-refractivity contribution in [2.24, 2.45) is 0 Å². The van der Waals surface area contributed by atoms with Gasteiger partial charge in [-0.3, -0.25) is 0 Å². The Hall–Kier alpha value is 0.256. The second-order valence-electron chi connectivity index (χ2n) is 1.32. The predicted octanol–water partition coefficient (Wildman–Crippen LogP) is -0.712. The van der Waals surface area contributed by atoms with Crippen molar-refractivity contribution in [2.45, 2.75) is 6.68 Å². The van der Waals surface area contributed by atoms with E-state index in [0.717, 1.165) is 0 Å². The van der Waals surface area contributed by atoms with Gasteiger partial charge in [0.25, 0.3) is 0 Å². The Balaban J connectivity index is -0.000000124. The van der Waals surface area contributed by atoms with Gasteiger partial charge in [-0.2, -0.15) is 49.6 Å². The van der Waals surface area contributed by atoms with Crippen LogP contribution in [0.2, 0.25) is 0 Å². The summed E-state index contributed by atoms with van der Waals surface area (Å²) in [6.07, 6.45) is 0. The molecule has 0 saturated carbocycles. The van der Waals surface area contributed by atoms with E-state index in [1.165, 1.54) is 0 Å². The molecule has 1 aromatic carbocycles. The fraction of sp³-hybridized carbons (Fsp3) is 0.143. The molecule has 0 saturated heterocycles. The van der Waals surface area contributed by atoms with Gasteiger partial charge in [0.2, 0.25) is 0 Å². The summed E-state index contributed by atoms with van der Waals surface area (Å²) in [5, 5.41) is 0. The summed E-state index contributed by atoms with van der Waals surface area (Å²) in [6, 6.07) is 12.5. The van der Waals surface area contributed by atoms with Crippen LogP contribution in [0.3, 0.4) is 0 Å². The van der Waals surface area contributed by atoms with Gasteiger partial charge in [-0.1, -0.05) is 0 Å². The van der Waals surface area contributed by atoms with Gasteiger partial charge in [0.1, 0.15) is 0 Å². The molecule has 1 aromatic rings. The minimum atomic E-state index is -3.67. The maximum absolute atomic E-state index is 9.67. The van der Waals surface area contributed by atoms with Crippen molar-refractivity contribution < 1.29 is 30.2 Å². The van der Waals surface area contributed by atoms with E-state index in [9.17, 15) is 13.2 Å². The summed E-state index contributed by atoms with van der Waals surface area (Å²) in [5.74, 6) is 0. The van der Waals surface area contributed by atoms with Crippen LogP contribution in [0, 0.1) is 6.07 Å². The van der Waals surface area contributed by atoms with Crippen LogP contribution < -0.4 is 17.0 Å². The molecule has 5 heteroatoms. The van der Waals surface area contributed by atoms with Gasteiger partial charge < -0.3 is 17.0 Å². The van der Waals surface area contributed by atoms with Gasteiger partial charge in [0.15, 0.2) is 0 Å². The zero-order chi connectivity index (χ0) is 7.82. The van der Waals surface area contributed by atoms with Gasteiger partial charge in [-0.25, -0.2) is 0 Å². The van der Waals surface area contributed by atoms with Gasteiger partial charge in [-0.15, -0.1) is 0 Å². The van der Waals surface area contributed by atoms with E-state index >= 15 is 0 Å². The van der Waals surface area contributed by atoms with Crippen molar-refractivity contribution in [2.75, 3.05) is 0 Å². The molecular weight excluding hydrogens is 245 g/mol. The molecule has 12 heavy (non-hydrogen) atoms. The normalized spacial score (nSPS) is 7.00. The molecule has 0 aliphatic heterocycles. The van der Waals surface area contributed by atoms with Crippen molar-refractivity contribution in [3.63, 3.8) is 0 Å². The molecule has 0 amide bonds. The summed E-state index contributed by atoms with van der Waals surface area (Å²) in [6.45, 7) is -3.67. The third-order valence-electron chi connectivity index (χ3n) is 0.607. The molecule has 0 aliphatic rings. The van der Waals surface area contributed by atoms with Crippen LogP contribution in [0.5, 0.6) is 0 Å². The first kappa shape index (κ1) is 18.1. The van der Waals surface area contributed by atoms with Crippen LogP contribution in [0.1, 0.15) is 0 Å². The molecule has 0 radical (unpaired) electrons. The molecule has 0 unspecified atom stereocenters. The molecule has 1 rings (SSSR count). The Morgan fingerprint density at radius 1 is 0.917 bits per heavy atom. The van der Waals surface area contributed by atoms with E-state index in [-0.39, 0.29) is 40.0 Å². The summed E-state index contributed by atoms with van der Waals surface area (Å²) < 4.78 is 29.0. The summed E-state index contributed by atoms with van der Waals surface area (Å²) in [5.41, 5.74) is 0. The predicted molar refractivity (Wildman–Crippen MR) is 38.1 cm³/mol. The smallest absolute Gasteiger partial charge is 1.00 e. The number of hydrogen-bond donors (Lipinski definition) is 0. The van der Waals surface area contributed by atoms with E-state index in [0.29, 0.717) is 0 Å². The fourth-order valence-electron chi connectivity index (χ4n) is 0.342. The molecule has 0 fully saturated rings. The Morgan fingerprint density at radius 3 is 1.33 bits per heavy atom. The minimum absolute atomic E-state index is 0. The zero-order valence-electron chi connectivity index (χ0n) is 6.18. The van der Waals surface area contributed by atoms with Crippen molar-refractivity contribution in [1.82, 2.24) is 0 Å². The topological polar surface area (TPSA) is 0 Å². The van der Waals surface area contributed by atoms with Gasteiger partial charge >= 0.3 is 29.7 Å². The quantitative estimate of drug-likeness (QED) is 0.422. The summed E-state index contributed by atoms with van der Waals surface area (Å²) in [7, 11) is 0. The first-order chi connectivity index (χ1) is 4.73. The molecule has 0 N–H and O–H groups in total. The standard InChI is InChI=1S/C6H5.CHF3.BrH.Mg/c1-2-4-6-5-3-1;2-1(3)4;;/h1-5H;1H;1H;/q-1;;;+2/p-1. The molecule has 64 valence electrons. The van der Waals surface area contributed by atoms with Crippen LogP contribution >= 0.6 is 0 Å². The molecule has 0 aliphatic carbocycles. The minimum Gasteiger partial charge on any atom is -1.00 e. The fourth-order valence-corrected chi connectivity index (χ4v) is 0.342. The third kappa shape index (κ3) is 22.5. The van der Waals surface area contributed by atoms with Crippen LogP contribution in [0.4, 0.5) is 13.2 Å². The Morgan fingerprint density at radius 2 is 1.25 bits per heavy atom. The van der Waals surface area contributed by atoms with Gasteiger partial charge in [0, 0.05) is 0 Å². The van der Waals surface area contributed by atoms with E-state index in [1.807, 2.05) is 30.3 Å². The molecule has 0 spiro atoms. The van der Waals surface area contributed by atoms with Crippen LogP contribution in [-0.2, 0) is 0 Å². The average Bonchev–Trinajstić information content (AvgIpc) is 1.90. The number of alkyl halides is 3. The van der Waals surface area contributed by atoms with Gasteiger partial charge in [-0.05, 0) is 0 Å². The molecular formula is C7H6BrF3Mg.